The molecule has 3 heteroatoms. The van der Waals surface area contributed by atoms with E-state index in [1.165, 1.54) is 6.92 Å². The molecule has 0 heterocycles. The highest BCUT2D eigenvalue weighted by Gasteiger charge is 2.05. The van der Waals surface area contributed by atoms with E-state index < -0.39 is 0 Å². The predicted octanol–water partition coefficient (Wildman–Crippen LogP) is 2.07. The average molecular weight is 198 g/mol. The van der Waals surface area contributed by atoms with Crippen LogP contribution < -0.4 is 0 Å². The Labute approximate surface area is 84.9 Å². The molecule has 0 aliphatic rings. The molecule has 80 valence electrons. The summed E-state index contributed by atoms with van der Waals surface area (Å²) >= 11 is 0. The van der Waals surface area contributed by atoms with Crippen molar-refractivity contribution in [1.82, 2.24) is 0 Å². The number of carbonyl (C=O) groups excluding carboxylic acids is 3. The van der Waals surface area contributed by atoms with E-state index in [1.807, 2.05) is 0 Å². The molecule has 0 bridgehead atoms. The molecule has 0 radical (unpaired) electrons. The van der Waals surface area contributed by atoms with Crippen molar-refractivity contribution in [3.63, 3.8) is 0 Å². The van der Waals surface area contributed by atoms with Gasteiger partial charge in [0.05, 0.1) is 0 Å². The first-order valence-electron chi connectivity index (χ1n) is 5.09. The summed E-state index contributed by atoms with van der Waals surface area (Å²) in [6, 6.07) is 0. The number of Topliss-reactive ketones (excluding diaryl/α,β-unsaturated/α-hetero) is 3. The molecule has 0 atom stereocenters. The molecule has 3 nitrogen and oxygen atoms in total. The summed E-state index contributed by atoms with van der Waals surface area (Å²) in [6.07, 6.45) is 2.71. The highest BCUT2D eigenvalue weighted by atomic mass is 16.1. The molecule has 0 rings (SSSR count). The monoisotopic (exact) mass is 198 g/mol. The summed E-state index contributed by atoms with van der Waals surface area (Å²) in [5, 5.41) is 0. The van der Waals surface area contributed by atoms with Gasteiger partial charge in [0.1, 0.15) is 17.3 Å². The summed E-state index contributed by atoms with van der Waals surface area (Å²) < 4.78 is 0. The van der Waals surface area contributed by atoms with Crippen LogP contribution in [0.2, 0.25) is 0 Å². The van der Waals surface area contributed by atoms with Crippen molar-refractivity contribution in [3.8, 4) is 0 Å². The molecule has 0 aromatic rings. The third kappa shape index (κ3) is 7.65. The van der Waals surface area contributed by atoms with E-state index >= 15 is 0 Å². The topological polar surface area (TPSA) is 51.2 Å². The van der Waals surface area contributed by atoms with Gasteiger partial charge in [-0.3, -0.25) is 9.59 Å². The lowest BCUT2D eigenvalue weighted by Gasteiger charge is -1.98. The molecule has 0 unspecified atom stereocenters. The maximum Gasteiger partial charge on any atom is 0.133 e. The Bertz CT molecular complexity index is 219. The van der Waals surface area contributed by atoms with Crippen molar-refractivity contribution in [1.29, 1.82) is 0 Å². The summed E-state index contributed by atoms with van der Waals surface area (Å²) in [4.78, 5) is 32.6. The van der Waals surface area contributed by atoms with Crippen molar-refractivity contribution < 1.29 is 14.4 Å². The highest BCUT2D eigenvalue weighted by Crippen LogP contribution is 2.03. The zero-order valence-electron chi connectivity index (χ0n) is 8.97. The van der Waals surface area contributed by atoms with Crippen molar-refractivity contribution >= 4 is 17.3 Å². The Morgan fingerprint density at radius 2 is 1.43 bits per heavy atom. The molecular weight excluding hydrogens is 180 g/mol. The van der Waals surface area contributed by atoms with Crippen LogP contribution >= 0.6 is 0 Å². The van der Waals surface area contributed by atoms with Crippen LogP contribution in [0.25, 0.3) is 0 Å². The molecule has 0 fully saturated rings. The number of carbonyl (C=O) groups is 3. The van der Waals surface area contributed by atoms with Gasteiger partial charge in [0.25, 0.3) is 0 Å². The zero-order chi connectivity index (χ0) is 11.0. The number of ketones is 3. The van der Waals surface area contributed by atoms with E-state index in [0.717, 1.165) is 0 Å². The van der Waals surface area contributed by atoms with Crippen molar-refractivity contribution in [2.75, 3.05) is 0 Å². The van der Waals surface area contributed by atoms with Crippen LogP contribution in [0.4, 0.5) is 0 Å². The standard InChI is InChI=1S/C11H18O3/c1-3-10(13)7-8-11(14)6-4-5-9(2)12/h3-8H2,1-2H3. The van der Waals surface area contributed by atoms with Gasteiger partial charge in [0, 0.05) is 32.1 Å². The van der Waals surface area contributed by atoms with E-state index in [1.54, 1.807) is 6.92 Å². The van der Waals surface area contributed by atoms with Gasteiger partial charge in [-0.25, -0.2) is 0 Å². The van der Waals surface area contributed by atoms with Crippen LogP contribution in [0.5, 0.6) is 0 Å². The van der Waals surface area contributed by atoms with E-state index in [4.69, 9.17) is 0 Å². The Morgan fingerprint density at radius 1 is 0.857 bits per heavy atom. The summed E-state index contributed by atoms with van der Waals surface area (Å²) in [5.41, 5.74) is 0. The summed E-state index contributed by atoms with van der Waals surface area (Å²) in [6.45, 7) is 3.31. The van der Waals surface area contributed by atoms with Crippen molar-refractivity contribution in [2.24, 2.45) is 0 Å². The lowest BCUT2D eigenvalue weighted by molar-refractivity contribution is -0.124. The smallest absolute Gasteiger partial charge is 0.133 e. The van der Waals surface area contributed by atoms with E-state index in [9.17, 15) is 14.4 Å². The first-order chi connectivity index (χ1) is 6.56. The average Bonchev–Trinajstić information content (AvgIpc) is 2.13. The lowest BCUT2D eigenvalue weighted by atomic mass is 10.1. The van der Waals surface area contributed by atoms with Gasteiger partial charge < -0.3 is 4.79 Å². The third-order valence-electron chi connectivity index (χ3n) is 2.06. The fraction of sp³-hybridized carbons (Fsp3) is 0.727. The second-order valence-electron chi connectivity index (χ2n) is 3.49. The van der Waals surface area contributed by atoms with E-state index in [0.29, 0.717) is 38.5 Å². The fourth-order valence-electron chi connectivity index (χ4n) is 1.12. The van der Waals surface area contributed by atoms with Gasteiger partial charge in [-0.1, -0.05) is 6.92 Å². The van der Waals surface area contributed by atoms with Gasteiger partial charge in [-0.2, -0.15) is 0 Å². The summed E-state index contributed by atoms with van der Waals surface area (Å²) in [7, 11) is 0. The van der Waals surface area contributed by atoms with Crippen LogP contribution in [0, 0.1) is 0 Å². The number of hydrogen-bond acceptors (Lipinski definition) is 3. The molecule has 0 saturated heterocycles. The minimum atomic E-state index is 0.0908. The van der Waals surface area contributed by atoms with Crippen LogP contribution in [0.3, 0.4) is 0 Å². The van der Waals surface area contributed by atoms with Gasteiger partial charge in [-0.05, 0) is 13.3 Å². The maximum atomic E-state index is 11.2. The Morgan fingerprint density at radius 3 is 1.93 bits per heavy atom. The molecule has 0 N–H and O–H groups in total. The van der Waals surface area contributed by atoms with Crippen molar-refractivity contribution in [3.05, 3.63) is 0 Å². The second kappa shape index (κ2) is 7.42. The van der Waals surface area contributed by atoms with E-state index in [2.05, 4.69) is 0 Å². The zero-order valence-corrected chi connectivity index (χ0v) is 8.97. The molecule has 0 amide bonds. The van der Waals surface area contributed by atoms with Crippen molar-refractivity contribution in [2.45, 2.75) is 52.4 Å². The minimum absolute atomic E-state index is 0.0908. The molecule has 14 heavy (non-hydrogen) atoms. The Balaban J connectivity index is 3.46. The van der Waals surface area contributed by atoms with Gasteiger partial charge in [0.15, 0.2) is 0 Å². The highest BCUT2D eigenvalue weighted by molar-refractivity contribution is 5.86. The van der Waals surface area contributed by atoms with E-state index in [-0.39, 0.29) is 17.3 Å². The molecular formula is C11H18O3. The number of rotatable bonds is 8. The van der Waals surface area contributed by atoms with Gasteiger partial charge >= 0.3 is 0 Å². The molecule has 0 saturated carbocycles. The van der Waals surface area contributed by atoms with Crippen LogP contribution in [0.15, 0.2) is 0 Å². The number of hydrogen-bond donors (Lipinski definition) is 0. The summed E-state index contributed by atoms with van der Waals surface area (Å²) in [5.74, 6) is 0.334. The Kier molecular flexibility index (Phi) is 6.89. The Hall–Kier alpha value is -0.990. The lowest BCUT2D eigenvalue weighted by Crippen LogP contribution is -2.03. The van der Waals surface area contributed by atoms with Gasteiger partial charge in [-0.15, -0.1) is 0 Å². The van der Waals surface area contributed by atoms with Gasteiger partial charge in [0.2, 0.25) is 0 Å². The van der Waals surface area contributed by atoms with Crippen LogP contribution in [-0.2, 0) is 14.4 Å². The molecule has 0 aliphatic carbocycles. The molecule has 0 spiro atoms. The van der Waals surface area contributed by atoms with Crippen LogP contribution in [0.1, 0.15) is 52.4 Å². The minimum Gasteiger partial charge on any atom is -0.300 e. The second-order valence-corrected chi connectivity index (χ2v) is 3.49. The van der Waals surface area contributed by atoms with Crippen LogP contribution in [-0.4, -0.2) is 17.3 Å². The third-order valence-corrected chi connectivity index (χ3v) is 2.06. The molecule has 0 aliphatic heterocycles. The first-order valence-corrected chi connectivity index (χ1v) is 5.09. The fourth-order valence-corrected chi connectivity index (χ4v) is 1.12. The molecule has 0 aromatic heterocycles. The maximum absolute atomic E-state index is 11.2. The largest absolute Gasteiger partial charge is 0.300 e. The predicted molar refractivity (Wildman–Crippen MR) is 54.1 cm³/mol. The first kappa shape index (κ1) is 13.0. The molecule has 0 aromatic carbocycles. The SMILES string of the molecule is CCC(=O)CCC(=O)CCCC(C)=O. The quantitative estimate of drug-likeness (QED) is 0.600. The normalized spacial score (nSPS) is 9.86.